The first-order valence-corrected chi connectivity index (χ1v) is 6.52. The maximum Gasteiger partial charge on any atom is 0.317 e. The molecule has 1 aromatic rings. The number of urea groups is 1. The summed E-state index contributed by atoms with van der Waals surface area (Å²) in [6.45, 7) is 2.44. The van der Waals surface area contributed by atoms with E-state index >= 15 is 0 Å². The van der Waals surface area contributed by atoms with Crippen LogP contribution in [-0.2, 0) is 6.54 Å². The monoisotopic (exact) mass is 247 g/mol. The van der Waals surface area contributed by atoms with Crippen molar-refractivity contribution in [2.75, 3.05) is 20.1 Å². The molecule has 0 bridgehead atoms. The number of rotatable bonds is 4. The zero-order valence-electron chi connectivity index (χ0n) is 10.9. The molecule has 1 heterocycles. The normalized spacial score (nSPS) is 18.6. The van der Waals surface area contributed by atoms with Gasteiger partial charge in [0.2, 0.25) is 0 Å². The molecule has 0 aromatic heterocycles. The summed E-state index contributed by atoms with van der Waals surface area (Å²) in [6, 6.07) is 10.4. The van der Waals surface area contributed by atoms with Crippen LogP contribution in [0.2, 0.25) is 0 Å². The van der Waals surface area contributed by atoms with Crippen LogP contribution in [0, 0.1) is 0 Å². The molecule has 2 rings (SSSR count). The van der Waals surface area contributed by atoms with Gasteiger partial charge < -0.3 is 15.5 Å². The number of hydrogen-bond donors (Lipinski definition) is 2. The molecule has 98 valence electrons. The van der Waals surface area contributed by atoms with Gasteiger partial charge in [0.15, 0.2) is 0 Å². The lowest BCUT2D eigenvalue weighted by Gasteiger charge is -2.21. The van der Waals surface area contributed by atoms with Crippen LogP contribution in [0.5, 0.6) is 0 Å². The van der Waals surface area contributed by atoms with E-state index in [1.165, 1.54) is 6.42 Å². The van der Waals surface area contributed by atoms with E-state index in [-0.39, 0.29) is 6.03 Å². The number of hydrogen-bond acceptors (Lipinski definition) is 2. The summed E-state index contributed by atoms with van der Waals surface area (Å²) in [4.78, 5) is 13.6. The van der Waals surface area contributed by atoms with Crippen molar-refractivity contribution in [2.45, 2.75) is 25.4 Å². The SMILES string of the molecule is CN(CC1CCCN1)C(=O)NCc1ccccc1. The molecule has 1 atom stereocenters. The van der Waals surface area contributed by atoms with Crippen LogP contribution in [-0.4, -0.2) is 37.1 Å². The predicted molar refractivity (Wildman–Crippen MR) is 72.3 cm³/mol. The Morgan fingerprint density at radius 2 is 2.22 bits per heavy atom. The van der Waals surface area contributed by atoms with Crippen molar-refractivity contribution in [2.24, 2.45) is 0 Å². The Bertz CT molecular complexity index is 374. The van der Waals surface area contributed by atoms with Crippen molar-refractivity contribution in [3.8, 4) is 0 Å². The summed E-state index contributed by atoms with van der Waals surface area (Å²) in [5, 5.41) is 6.33. The minimum Gasteiger partial charge on any atom is -0.334 e. The van der Waals surface area contributed by atoms with Crippen LogP contribution in [0.3, 0.4) is 0 Å². The van der Waals surface area contributed by atoms with E-state index in [9.17, 15) is 4.79 Å². The lowest BCUT2D eigenvalue weighted by Crippen LogP contribution is -2.43. The molecule has 1 aliphatic rings. The first kappa shape index (κ1) is 12.9. The molecule has 0 radical (unpaired) electrons. The Hall–Kier alpha value is -1.55. The van der Waals surface area contributed by atoms with Crippen LogP contribution < -0.4 is 10.6 Å². The van der Waals surface area contributed by atoms with Crippen molar-refractivity contribution in [1.29, 1.82) is 0 Å². The summed E-state index contributed by atoms with van der Waals surface area (Å²) < 4.78 is 0. The second-order valence-corrected chi connectivity index (χ2v) is 4.82. The fourth-order valence-electron chi connectivity index (χ4n) is 2.23. The topological polar surface area (TPSA) is 44.4 Å². The highest BCUT2D eigenvalue weighted by molar-refractivity contribution is 5.73. The number of carbonyl (C=O) groups excluding carboxylic acids is 1. The average molecular weight is 247 g/mol. The molecule has 0 saturated carbocycles. The standard InChI is InChI=1S/C14H21N3O/c1-17(11-13-8-5-9-15-13)14(18)16-10-12-6-3-2-4-7-12/h2-4,6-7,13,15H,5,8-11H2,1H3,(H,16,18). The lowest BCUT2D eigenvalue weighted by atomic mass is 10.2. The van der Waals surface area contributed by atoms with E-state index < -0.39 is 0 Å². The third-order valence-corrected chi connectivity index (χ3v) is 3.29. The Kier molecular flexibility index (Phi) is 4.59. The van der Waals surface area contributed by atoms with Gasteiger partial charge in [0.1, 0.15) is 0 Å². The minimum absolute atomic E-state index is 0.00690. The quantitative estimate of drug-likeness (QED) is 0.848. The summed E-state index contributed by atoms with van der Waals surface area (Å²) in [6.07, 6.45) is 2.38. The maximum atomic E-state index is 11.9. The van der Waals surface area contributed by atoms with Gasteiger partial charge >= 0.3 is 6.03 Å². The third-order valence-electron chi connectivity index (χ3n) is 3.29. The zero-order valence-corrected chi connectivity index (χ0v) is 10.9. The molecule has 18 heavy (non-hydrogen) atoms. The van der Waals surface area contributed by atoms with Crippen molar-refractivity contribution in [3.05, 3.63) is 35.9 Å². The fourth-order valence-corrected chi connectivity index (χ4v) is 2.23. The molecule has 4 nitrogen and oxygen atoms in total. The van der Waals surface area contributed by atoms with Crippen LogP contribution in [0.15, 0.2) is 30.3 Å². The molecule has 1 saturated heterocycles. The number of nitrogens with one attached hydrogen (secondary N) is 2. The number of amides is 2. The zero-order chi connectivity index (χ0) is 12.8. The molecule has 1 aliphatic heterocycles. The second-order valence-electron chi connectivity index (χ2n) is 4.82. The van der Waals surface area contributed by atoms with Crippen LogP contribution in [0.4, 0.5) is 4.79 Å². The molecule has 4 heteroatoms. The number of carbonyl (C=O) groups is 1. The van der Waals surface area contributed by atoms with Gasteiger partial charge in [-0.25, -0.2) is 4.79 Å². The van der Waals surface area contributed by atoms with Crippen molar-refractivity contribution < 1.29 is 4.79 Å². The van der Waals surface area contributed by atoms with E-state index in [0.717, 1.165) is 25.1 Å². The van der Waals surface area contributed by atoms with E-state index in [4.69, 9.17) is 0 Å². The maximum absolute atomic E-state index is 11.9. The first-order valence-electron chi connectivity index (χ1n) is 6.52. The predicted octanol–water partition coefficient (Wildman–Crippen LogP) is 1.58. The largest absolute Gasteiger partial charge is 0.334 e. The summed E-state index contributed by atoms with van der Waals surface area (Å²) in [7, 11) is 1.85. The van der Waals surface area contributed by atoms with E-state index in [1.807, 2.05) is 37.4 Å². The van der Waals surface area contributed by atoms with Gasteiger partial charge in [0, 0.05) is 26.2 Å². The van der Waals surface area contributed by atoms with Gasteiger partial charge in [-0.2, -0.15) is 0 Å². The lowest BCUT2D eigenvalue weighted by molar-refractivity contribution is 0.204. The molecular weight excluding hydrogens is 226 g/mol. The highest BCUT2D eigenvalue weighted by Crippen LogP contribution is 2.06. The van der Waals surface area contributed by atoms with Crippen LogP contribution in [0.1, 0.15) is 18.4 Å². The third kappa shape index (κ3) is 3.74. The van der Waals surface area contributed by atoms with Crippen LogP contribution in [0.25, 0.3) is 0 Å². The molecule has 2 N–H and O–H groups in total. The van der Waals surface area contributed by atoms with Crippen molar-refractivity contribution in [1.82, 2.24) is 15.5 Å². The van der Waals surface area contributed by atoms with Crippen LogP contribution >= 0.6 is 0 Å². The molecule has 1 aromatic carbocycles. The summed E-state index contributed by atoms with van der Waals surface area (Å²) >= 11 is 0. The molecular formula is C14H21N3O. The highest BCUT2D eigenvalue weighted by Gasteiger charge is 2.18. The van der Waals surface area contributed by atoms with Gasteiger partial charge in [-0.05, 0) is 24.9 Å². The second kappa shape index (κ2) is 6.40. The Morgan fingerprint density at radius 3 is 2.89 bits per heavy atom. The van der Waals surface area contributed by atoms with Crippen molar-refractivity contribution in [3.63, 3.8) is 0 Å². The van der Waals surface area contributed by atoms with E-state index in [0.29, 0.717) is 12.6 Å². The molecule has 1 fully saturated rings. The summed E-state index contributed by atoms with van der Waals surface area (Å²) in [5.41, 5.74) is 1.12. The van der Waals surface area contributed by atoms with E-state index in [1.54, 1.807) is 4.90 Å². The Morgan fingerprint density at radius 1 is 1.44 bits per heavy atom. The first-order chi connectivity index (χ1) is 8.75. The molecule has 1 unspecified atom stereocenters. The number of likely N-dealkylation sites (N-methyl/N-ethyl adjacent to an activating group) is 1. The molecule has 0 spiro atoms. The Balaban J connectivity index is 1.73. The highest BCUT2D eigenvalue weighted by atomic mass is 16.2. The van der Waals surface area contributed by atoms with E-state index in [2.05, 4.69) is 10.6 Å². The van der Waals surface area contributed by atoms with Crippen molar-refractivity contribution >= 4 is 6.03 Å². The van der Waals surface area contributed by atoms with Gasteiger partial charge in [0.05, 0.1) is 0 Å². The van der Waals surface area contributed by atoms with Gasteiger partial charge in [0.25, 0.3) is 0 Å². The minimum atomic E-state index is -0.00690. The number of benzene rings is 1. The summed E-state index contributed by atoms with van der Waals surface area (Å²) in [5.74, 6) is 0. The average Bonchev–Trinajstić information content (AvgIpc) is 2.90. The van der Waals surface area contributed by atoms with Gasteiger partial charge in [-0.3, -0.25) is 0 Å². The Labute approximate surface area is 108 Å². The van der Waals surface area contributed by atoms with Gasteiger partial charge in [-0.1, -0.05) is 30.3 Å². The van der Waals surface area contributed by atoms with Gasteiger partial charge in [-0.15, -0.1) is 0 Å². The fraction of sp³-hybridized carbons (Fsp3) is 0.500. The molecule has 0 aliphatic carbocycles. The smallest absolute Gasteiger partial charge is 0.317 e. The molecule has 2 amide bonds. The number of nitrogens with zero attached hydrogens (tertiary/aromatic N) is 1.